The number of nitrogens with zero attached hydrogens (tertiary/aromatic N) is 3. The van der Waals surface area contributed by atoms with E-state index >= 15 is 0 Å². The first-order chi connectivity index (χ1) is 17.7. The second-order valence-corrected chi connectivity index (χ2v) is 11.4. The lowest BCUT2D eigenvalue weighted by atomic mass is 10.0. The highest BCUT2D eigenvalue weighted by Gasteiger charge is 2.38. The molecule has 2 aromatic rings. The fourth-order valence-electron chi connectivity index (χ4n) is 3.99. The summed E-state index contributed by atoms with van der Waals surface area (Å²) < 4.78 is 42.7. The van der Waals surface area contributed by atoms with Crippen LogP contribution in [-0.2, 0) is 6.18 Å². The first-order valence-electron chi connectivity index (χ1n) is 12.8. The molecule has 38 heavy (non-hydrogen) atoms. The Morgan fingerprint density at radius 2 is 1.95 bits per heavy atom. The average Bonchev–Trinajstić information content (AvgIpc) is 3.58. The van der Waals surface area contributed by atoms with Gasteiger partial charge in [0.25, 0.3) is 11.8 Å². The lowest BCUT2D eigenvalue weighted by molar-refractivity contribution is -0.137. The van der Waals surface area contributed by atoms with Crippen molar-refractivity contribution in [2.75, 3.05) is 25.5 Å². The Hall–Kier alpha value is -2.73. The highest BCUT2D eigenvalue weighted by atomic mass is 32.1. The Labute approximate surface area is 225 Å². The molecule has 1 aliphatic rings. The molecule has 1 fully saturated rings. The number of carbonyl (C=O) groups is 2. The summed E-state index contributed by atoms with van der Waals surface area (Å²) >= 11 is 0.701. The first kappa shape index (κ1) is 29.8. The summed E-state index contributed by atoms with van der Waals surface area (Å²) in [6.45, 7) is 7.36. The number of alkyl halides is 3. The number of hydrogen-bond donors (Lipinski definition) is 3. The molecule has 0 saturated heterocycles. The molecule has 2 aromatic heterocycles. The number of rotatable bonds is 12. The second-order valence-electron chi connectivity index (χ2n) is 10.4. The highest BCUT2D eigenvalue weighted by Crippen LogP contribution is 2.42. The molecule has 2 heterocycles. The van der Waals surface area contributed by atoms with Crippen LogP contribution < -0.4 is 10.6 Å². The largest absolute Gasteiger partial charge is 0.417 e. The number of nitrogens with one attached hydrogen (secondary N) is 2. The van der Waals surface area contributed by atoms with Gasteiger partial charge < -0.3 is 20.6 Å². The molecular weight excluding hydrogens is 519 g/mol. The van der Waals surface area contributed by atoms with Crippen molar-refractivity contribution in [2.24, 2.45) is 5.92 Å². The van der Waals surface area contributed by atoms with Crippen LogP contribution in [0.3, 0.4) is 0 Å². The van der Waals surface area contributed by atoms with E-state index in [-0.39, 0.29) is 39.5 Å². The van der Waals surface area contributed by atoms with Gasteiger partial charge >= 0.3 is 6.18 Å². The smallest absolute Gasteiger partial charge is 0.389 e. The molecule has 0 aromatic carbocycles. The number of aromatic nitrogens is 2. The Morgan fingerprint density at radius 1 is 1.26 bits per heavy atom. The molecule has 8 nitrogen and oxygen atoms in total. The Balaban J connectivity index is 2.08. The average molecular weight is 556 g/mol. The highest BCUT2D eigenvalue weighted by molar-refractivity contribution is 7.17. The molecule has 1 atom stereocenters. The summed E-state index contributed by atoms with van der Waals surface area (Å²) in [6.07, 6.45) is 0.617. The van der Waals surface area contributed by atoms with E-state index in [9.17, 15) is 27.9 Å². The van der Waals surface area contributed by atoms with E-state index in [2.05, 4.69) is 20.6 Å². The van der Waals surface area contributed by atoms with Crippen molar-refractivity contribution in [3.05, 3.63) is 28.5 Å². The van der Waals surface area contributed by atoms with Gasteiger partial charge in [-0.15, -0.1) is 11.3 Å². The summed E-state index contributed by atoms with van der Waals surface area (Å²) in [4.78, 5) is 36.2. The Bertz CT molecular complexity index is 1140. The zero-order valence-corrected chi connectivity index (χ0v) is 23.2. The van der Waals surface area contributed by atoms with Crippen LogP contribution in [0.1, 0.15) is 85.7 Å². The number of hydrogen-bond acceptors (Lipinski definition) is 7. The van der Waals surface area contributed by atoms with Gasteiger partial charge in [-0.25, -0.2) is 9.97 Å². The van der Waals surface area contributed by atoms with Crippen LogP contribution in [0.15, 0.2) is 12.3 Å². The SMILES string of the molecule is CCCC(CC)N(C)C(=O)c1nc(C(=O)NCC(C)(C)O)sc1-c1cnc(NCC2CC2)cc1C(F)(F)F. The van der Waals surface area contributed by atoms with Crippen molar-refractivity contribution in [2.45, 2.75) is 77.6 Å². The van der Waals surface area contributed by atoms with Crippen molar-refractivity contribution >= 4 is 29.0 Å². The predicted octanol–water partition coefficient (Wildman–Crippen LogP) is 5.20. The van der Waals surface area contributed by atoms with Gasteiger partial charge in [0, 0.05) is 37.9 Å². The summed E-state index contributed by atoms with van der Waals surface area (Å²) in [5.74, 6) is -0.724. The van der Waals surface area contributed by atoms with E-state index in [0.717, 1.165) is 31.5 Å². The third-order valence-corrected chi connectivity index (χ3v) is 7.48. The number of halogens is 3. The fourth-order valence-corrected chi connectivity index (χ4v) is 4.99. The molecule has 0 spiro atoms. The van der Waals surface area contributed by atoms with E-state index in [1.807, 2.05) is 13.8 Å². The Kier molecular flexibility index (Phi) is 9.40. The number of aliphatic hydroxyl groups is 1. The third-order valence-electron chi connectivity index (χ3n) is 6.39. The van der Waals surface area contributed by atoms with Crippen molar-refractivity contribution < 1.29 is 27.9 Å². The molecular formula is C26H36F3N5O3S. The second kappa shape index (κ2) is 12.0. The zero-order valence-electron chi connectivity index (χ0n) is 22.4. The molecule has 1 saturated carbocycles. The molecule has 12 heteroatoms. The summed E-state index contributed by atoms with van der Waals surface area (Å²) in [7, 11) is 1.59. The van der Waals surface area contributed by atoms with Crippen LogP contribution in [-0.4, -0.2) is 63.6 Å². The summed E-state index contributed by atoms with van der Waals surface area (Å²) in [5.41, 5.74) is -2.71. The third kappa shape index (κ3) is 7.66. The number of thiazole rings is 1. The van der Waals surface area contributed by atoms with E-state index in [0.29, 0.717) is 36.6 Å². The van der Waals surface area contributed by atoms with Crippen LogP contribution in [0.25, 0.3) is 10.4 Å². The maximum Gasteiger partial charge on any atom is 0.417 e. The van der Waals surface area contributed by atoms with Gasteiger partial charge in [0.1, 0.15) is 11.5 Å². The van der Waals surface area contributed by atoms with Crippen molar-refractivity contribution in [1.82, 2.24) is 20.2 Å². The number of pyridine rings is 1. The van der Waals surface area contributed by atoms with Gasteiger partial charge in [-0.2, -0.15) is 13.2 Å². The normalized spacial score (nSPS) is 14.8. The molecule has 0 bridgehead atoms. The van der Waals surface area contributed by atoms with Gasteiger partial charge in [-0.3, -0.25) is 9.59 Å². The maximum atomic E-state index is 14.2. The van der Waals surface area contributed by atoms with Gasteiger partial charge in [-0.05, 0) is 51.5 Å². The van der Waals surface area contributed by atoms with Crippen LogP contribution in [0.5, 0.6) is 0 Å². The fraction of sp³-hybridized carbons (Fsp3) is 0.615. The van der Waals surface area contributed by atoms with Crippen molar-refractivity contribution in [1.29, 1.82) is 0 Å². The topological polar surface area (TPSA) is 107 Å². The van der Waals surface area contributed by atoms with E-state index in [1.165, 1.54) is 18.7 Å². The molecule has 0 radical (unpaired) electrons. The minimum absolute atomic E-state index is 0.0739. The first-order valence-corrected chi connectivity index (χ1v) is 13.7. The number of anilines is 1. The molecule has 1 unspecified atom stereocenters. The predicted molar refractivity (Wildman–Crippen MR) is 141 cm³/mol. The summed E-state index contributed by atoms with van der Waals surface area (Å²) in [6, 6.07) is 0.804. The minimum atomic E-state index is -4.73. The maximum absolute atomic E-state index is 14.2. The molecule has 210 valence electrons. The quantitative estimate of drug-likeness (QED) is 0.333. The van der Waals surface area contributed by atoms with Gasteiger partial charge in [0.15, 0.2) is 5.01 Å². The molecule has 1 aliphatic carbocycles. The van der Waals surface area contributed by atoms with Crippen LogP contribution >= 0.6 is 11.3 Å². The number of carbonyl (C=O) groups excluding carboxylic acids is 2. The number of amides is 2. The van der Waals surface area contributed by atoms with Crippen LogP contribution in [0.4, 0.5) is 19.0 Å². The molecule has 0 aliphatic heterocycles. The van der Waals surface area contributed by atoms with E-state index in [4.69, 9.17) is 0 Å². The molecule has 2 amide bonds. The van der Waals surface area contributed by atoms with Crippen LogP contribution in [0, 0.1) is 5.92 Å². The van der Waals surface area contributed by atoms with Gasteiger partial charge in [-0.1, -0.05) is 20.3 Å². The van der Waals surface area contributed by atoms with Gasteiger partial charge in [0.05, 0.1) is 16.0 Å². The lowest BCUT2D eigenvalue weighted by Gasteiger charge is -2.27. The molecule has 3 N–H and O–H groups in total. The van der Waals surface area contributed by atoms with E-state index < -0.39 is 29.2 Å². The Morgan fingerprint density at radius 3 is 2.50 bits per heavy atom. The lowest BCUT2D eigenvalue weighted by Crippen LogP contribution is -2.38. The van der Waals surface area contributed by atoms with Crippen molar-refractivity contribution in [3.63, 3.8) is 0 Å². The van der Waals surface area contributed by atoms with Crippen LogP contribution in [0.2, 0.25) is 0 Å². The zero-order chi connectivity index (χ0) is 28.3. The van der Waals surface area contributed by atoms with Crippen molar-refractivity contribution in [3.8, 4) is 10.4 Å². The van der Waals surface area contributed by atoms with E-state index in [1.54, 1.807) is 7.05 Å². The molecule has 3 rings (SSSR count). The standard InChI is InChI=1S/C26H36F3N5O3S/c1-6-8-16(7-2)34(5)24(36)20-21(38-23(33-20)22(35)32-14-25(3,4)37)17-13-31-19(30-12-15-9-10-15)11-18(17)26(27,28)29/h11,13,15-16,37H,6-10,12,14H2,1-5H3,(H,30,31)(H,32,35). The summed E-state index contributed by atoms with van der Waals surface area (Å²) in [5, 5.41) is 15.3. The minimum Gasteiger partial charge on any atom is -0.389 e. The monoisotopic (exact) mass is 555 g/mol. The van der Waals surface area contributed by atoms with Gasteiger partial charge in [0.2, 0.25) is 0 Å².